The maximum Gasteiger partial charge on any atom is 0.162 e. The van der Waals surface area contributed by atoms with E-state index in [1.54, 1.807) is 26.4 Å². The van der Waals surface area contributed by atoms with Gasteiger partial charge in [0.1, 0.15) is 0 Å². The average molecular weight is 334 g/mol. The summed E-state index contributed by atoms with van der Waals surface area (Å²) in [6, 6.07) is 13.6. The van der Waals surface area contributed by atoms with E-state index in [0.717, 1.165) is 16.5 Å². The van der Waals surface area contributed by atoms with E-state index < -0.39 is 0 Å². The molecular formula is C20H18N2O3. The molecule has 0 unspecified atom stereocenters. The van der Waals surface area contributed by atoms with Gasteiger partial charge >= 0.3 is 0 Å². The van der Waals surface area contributed by atoms with Crippen molar-refractivity contribution < 1.29 is 14.3 Å². The summed E-state index contributed by atoms with van der Waals surface area (Å²) in [5.74, 6) is 1.16. The molecule has 5 nitrogen and oxygen atoms in total. The summed E-state index contributed by atoms with van der Waals surface area (Å²) in [5.41, 5.74) is 3.19. The molecule has 1 heterocycles. The first kappa shape index (κ1) is 16.6. The molecule has 0 bridgehead atoms. The van der Waals surface area contributed by atoms with Crippen LogP contribution in [0.25, 0.3) is 28.1 Å². The first-order valence-corrected chi connectivity index (χ1v) is 7.80. The Labute approximate surface area is 145 Å². The molecule has 25 heavy (non-hydrogen) atoms. The van der Waals surface area contributed by atoms with Gasteiger partial charge in [0, 0.05) is 17.0 Å². The van der Waals surface area contributed by atoms with Crippen LogP contribution in [-0.4, -0.2) is 30.2 Å². The second kappa shape index (κ2) is 7.13. The number of rotatable bonds is 5. The van der Waals surface area contributed by atoms with Crippen molar-refractivity contribution in [3.05, 3.63) is 54.2 Å². The second-order valence-corrected chi connectivity index (χ2v) is 5.49. The predicted molar refractivity (Wildman–Crippen MR) is 97.8 cm³/mol. The first-order chi connectivity index (χ1) is 12.1. The molecule has 0 radical (unpaired) electrons. The normalized spacial score (nSPS) is 11.0. The van der Waals surface area contributed by atoms with E-state index in [4.69, 9.17) is 9.47 Å². The summed E-state index contributed by atoms with van der Waals surface area (Å²) in [7, 11) is 3.18. The molecule has 0 aliphatic carbocycles. The van der Waals surface area contributed by atoms with Crippen LogP contribution in [0.2, 0.25) is 0 Å². The van der Waals surface area contributed by atoms with Crippen molar-refractivity contribution in [2.75, 3.05) is 14.2 Å². The van der Waals surface area contributed by atoms with Crippen LogP contribution >= 0.6 is 0 Å². The van der Waals surface area contributed by atoms with Crippen LogP contribution in [0.15, 0.2) is 48.5 Å². The molecule has 0 fully saturated rings. The van der Waals surface area contributed by atoms with Gasteiger partial charge in [-0.2, -0.15) is 0 Å². The van der Waals surface area contributed by atoms with Crippen molar-refractivity contribution in [3.8, 4) is 22.6 Å². The molecule has 5 heteroatoms. The van der Waals surface area contributed by atoms with Crippen molar-refractivity contribution in [2.45, 2.75) is 6.92 Å². The Kier molecular flexibility index (Phi) is 4.75. The molecule has 3 aromatic rings. The lowest BCUT2D eigenvalue weighted by atomic mass is 9.98. The maximum atomic E-state index is 11.3. The van der Waals surface area contributed by atoms with Gasteiger partial charge < -0.3 is 9.47 Å². The molecule has 0 aliphatic heterocycles. The number of carbonyl (C=O) groups is 1. The summed E-state index contributed by atoms with van der Waals surface area (Å²) in [6.07, 6.45) is 3.18. The predicted octanol–water partition coefficient (Wildman–Crippen LogP) is 3.92. The second-order valence-electron chi connectivity index (χ2n) is 5.49. The lowest BCUT2D eigenvalue weighted by Gasteiger charge is -2.13. The Morgan fingerprint density at radius 3 is 2.32 bits per heavy atom. The van der Waals surface area contributed by atoms with E-state index in [0.29, 0.717) is 22.7 Å². The molecule has 3 rings (SSSR count). The number of allylic oxidation sites excluding steroid dienone is 1. The minimum atomic E-state index is -0.0479. The SMILES string of the molecule is COc1cc2nnc(/C=C/C(C)=O)c(-c3ccccc3)c2cc1OC. The average Bonchev–Trinajstić information content (AvgIpc) is 2.65. The van der Waals surface area contributed by atoms with E-state index in [2.05, 4.69) is 10.2 Å². The maximum absolute atomic E-state index is 11.3. The topological polar surface area (TPSA) is 61.3 Å². The van der Waals surface area contributed by atoms with Gasteiger partial charge in [-0.05, 0) is 30.7 Å². The van der Waals surface area contributed by atoms with Crippen LogP contribution in [0.4, 0.5) is 0 Å². The van der Waals surface area contributed by atoms with Gasteiger partial charge in [0.15, 0.2) is 17.3 Å². The Bertz CT molecular complexity index is 950. The zero-order valence-corrected chi connectivity index (χ0v) is 14.3. The highest BCUT2D eigenvalue weighted by Gasteiger charge is 2.15. The van der Waals surface area contributed by atoms with Crippen molar-refractivity contribution in [1.29, 1.82) is 0 Å². The number of carbonyl (C=O) groups excluding carboxylic acids is 1. The lowest BCUT2D eigenvalue weighted by Crippen LogP contribution is -1.97. The number of ketones is 1. The highest BCUT2D eigenvalue weighted by Crippen LogP contribution is 2.37. The van der Waals surface area contributed by atoms with E-state index >= 15 is 0 Å². The van der Waals surface area contributed by atoms with Crippen molar-refractivity contribution in [2.24, 2.45) is 0 Å². The fourth-order valence-electron chi connectivity index (χ4n) is 2.67. The summed E-state index contributed by atoms with van der Waals surface area (Å²) >= 11 is 0. The zero-order chi connectivity index (χ0) is 17.8. The first-order valence-electron chi connectivity index (χ1n) is 7.80. The molecule has 0 saturated heterocycles. The summed E-state index contributed by atoms with van der Waals surface area (Å²) in [6.45, 7) is 1.50. The highest BCUT2D eigenvalue weighted by atomic mass is 16.5. The largest absolute Gasteiger partial charge is 0.493 e. The quantitative estimate of drug-likeness (QED) is 0.662. The molecule has 0 N–H and O–H groups in total. The van der Waals surface area contributed by atoms with Crippen LogP contribution in [0.5, 0.6) is 11.5 Å². The van der Waals surface area contributed by atoms with Crippen LogP contribution in [0.1, 0.15) is 12.6 Å². The molecule has 1 aromatic heterocycles. The van der Waals surface area contributed by atoms with Gasteiger partial charge in [0.2, 0.25) is 0 Å². The number of benzene rings is 2. The van der Waals surface area contributed by atoms with Gasteiger partial charge in [-0.25, -0.2) is 0 Å². The van der Waals surface area contributed by atoms with Gasteiger partial charge in [-0.3, -0.25) is 4.79 Å². The van der Waals surface area contributed by atoms with E-state index in [-0.39, 0.29) is 5.78 Å². The molecule has 0 amide bonds. The molecule has 126 valence electrons. The molecule has 0 saturated carbocycles. The van der Waals surface area contributed by atoms with Crippen LogP contribution in [-0.2, 0) is 4.79 Å². The van der Waals surface area contributed by atoms with Crippen LogP contribution in [0.3, 0.4) is 0 Å². The molecule has 0 aliphatic rings. The summed E-state index contributed by atoms with van der Waals surface area (Å²) in [4.78, 5) is 11.3. The molecule has 0 spiro atoms. The van der Waals surface area contributed by atoms with E-state index in [1.165, 1.54) is 13.0 Å². The van der Waals surface area contributed by atoms with Crippen molar-refractivity contribution in [3.63, 3.8) is 0 Å². The molecule has 2 aromatic carbocycles. The number of ether oxygens (including phenoxy) is 2. The minimum Gasteiger partial charge on any atom is -0.493 e. The molecule has 0 atom stereocenters. The standard InChI is InChI=1S/C20H18N2O3/c1-13(23)9-10-16-20(14-7-5-4-6-8-14)15-11-18(24-2)19(25-3)12-17(15)22-21-16/h4-12H,1-3H3/b10-9+. The lowest BCUT2D eigenvalue weighted by molar-refractivity contribution is -0.112. The monoisotopic (exact) mass is 334 g/mol. The van der Waals surface area contributed by atoms with Gasteiger partial charge in [0.05, 0.1) is 25.4 Å². The number of methoxy groups -OCH3 is 2. The fourth-order valence-corrected chi connectivity index (χ4v) is 2.67. The van der Waals surface area contributed by atoms with Gasteiger partial charge in [-0.1, -0.05) is 30.3 Å². The van der Waals surface area contributed by atoms with Gasteiger partial charge in [-0.15, -0.1) is 10.2 Å². The van der Waals surface area contributed by atoms with Gasteiger partial charge in [0.25, 0.3) is 0 Å². The fraction of sp³-hybridized carbons (Fsp3) is 0.150. The third-order valence-electron chi connectivity index (χ3n) is 3.83. The summed E-state index contributed by atoms with van der Waals surface area (Å²) in [5, 5.41) is 9.46. The number of hydrogen-bond acceptors (Lipinski definition) is 5. The Morgan fingerprint density at radius 1 is 1.00 bits per heavy atom. The molecular weight excluding hydrogens is 316 g/mol. The number of fused-ring (bicyclic) bond motifs is 1. The highest BCUT2D eigenvalue weighted by molar-refractivity contribution is 6.00. The Morgan fingerprint density at radius 2 is 1.68 bits per heavy atom. The number of aromatic nitrogens is 2. The Balaban J connectivity index is 2.35. The van der Waals surface area contributed by atoms with Crippen molar-refractivity contribution >= 4 is 22.8 Å². The third kappa shape index (κ3) is 3.35. The Hall–Kier alpha value is -3.21. The summed E-state index contributed by atoms with van der Waals surface area (Å²) < 4.78 is 10.8. The van der Waals surface area contributed by atoms with Crippen molar-refractivity contribution in [1.82, 2.24) is 10.2 Å². The smallest absolute Gasteiger partial charge is 0.162 e. The zero-order valence-electron chi connectivity index (χ0n) is 14.3. The van der Waals surface area contributed by atoms with E-state index in [9.17, 15) is 4.79 Å². The van der Waals surface area contributed by atoms with Crippen LogP contribution in [0, 0.1) is 0 Å². The van der Waals surface area contributed by atoms with Crippen LogP contribution < -0.4 is 9.47 Å². The van der Waals surface area contributed by atoms with E-state index in [1.807, 2.05) is 36.4 Å². The number of nitrogens with zero attached hydrogens (tertiary/aromatic N) is 2. The minimum absolute atomic E-state index is 0.0479. The number of hydrogen-bond donors (Lipinski definition) is 0. The third-order valence-corrected chi connectivity index (χ3v) is 3.83.